The Bertz CT molecular complexity index is 525. The second-order valence-electron chi connectivity index (χ2n) is 6.36. The molecule has 6 nitrogen and oxygen atoms in total. The standard InChI is InChI=1S/C17H26N4O2/c1-14(13-20-9-11-23-12-10-20)19-17(22)15-5-4-6-18-16(15)21-7-2-3-8-21/h4-6,14H,2-3,7-13H2,1H3,(H,19,22)/t14-/m1/s1. The number of aromatic nitrogens is 1. The number of pyridine rings is 1. The lowest BCUT2D eigenvalue weighted by atomic mass is 10.2. The van der Waals surface area contributed by atoms with Crippen LogP contribution in [0.5, 0.6) is 0 Å². The van der Waals surface area contributed by atoms with E-state index < -0.39 is 0 Å². The minimum atomic E-state index is -0.0271. The number of ether oxygens (including phenoxy) is 1. The van der Waals surface area contributed by atoms with E-state index in [1.807, 2.05) is 12.1 Å². The zero-order chi connectivity index (χ0) is 16.1. The largest absolute Gasteiger partial charge is 0.379 e. The van der Waals surface area contributed by atoms with Gasteiger partial charge in [0.25, 0.3) is 5.91 Å². The number of hydrogen-bond acceptors (Lipinski definition) is 5. The van der Waals surface area contributed by atoms with Crippen LogP contribution in [-0.2, 0) is 4.74 Å². The highest BCUT2D eigenvalue weighted by Gasteiger charge is 2.22. The molecule has 0 radical (unpaired) electrons. The van der Waals surface area contributed by atoms with Crippen LogP contribution in [0.25, 0.3) is 0 Å². The van der Waals surface area contributed by atoms with E-state index >= 15 is 0 Å². The van der Waals surface area contributed by atoms with Gasteiger partial charge in [0.2, 0.25) is 0 Å². The number of nitrogens with one attached hydrogen (secondary N) is 1. The minimum Gasteiger partial charge on any atom is -0.379 e. The fourth-order valence-electron chi connectivity index (χ4n) is 3.27. The van der Waals surface area contributed by atoms with Gasteiger partial charge in [-0.05, 0) is 31.9 Å². The van der Waals surface area contributed by atoms with Crippen LogP contribution in [0.4, 0.5) is 5.82 Å². The van der Waals surface area contributed by atoms with Gasteiger partial charge in [0, 0.05) is 45.0 Å². The second-order valence-corrected chi connectivity index (χ2v) is 6.36. The summed E-state index contributed by atoms with van der Waals surface area (Å²) in [4.78, 5) is 21.6. The van der Waals surface area contributed by atoms with Crippen LogP contribution in [0.3, 0.4) is 0 Å². The zero-order valence-electron chi connectivity index (χ0n) is 13.8. The molecule has 23 heavy (non-hydrogen) atoms. The van der Waals surface area contributed by atoms with E-state index in [0.717, 1.165) is 51.8 Å². The molecule has 0 saturated carbocycles. The Morgan fingerprint density at radius 3 is 2.78 bits per heavy atom. The summed E-state index contributed by atoms with van der Waals surface area (Å²) < 4.78 is 5.36. The molecule has 6 heteroatoms. The molecule has 0 spiro atoms. The number of amides is 1. The van der Waals surface area contributed by atoms with Gasteiger partial charge in [0.05, 0.1) is 18.8 Å². The molecule has 1 amide bonds. The zero-order valence-corrected chi connectivity index (χ0v) is 13.8. The van der Waals surface area contributed by atoms with Gasteiger partial charge < -0.3 is 15.0 Å². The van der Waals surface area contributed by atoms with Gasteiger partial charge >= 0.3 is 0 Å². The second kappa shape index (κ2) is 7.75. The molecule has 126 valence electrons. The SMILES string of the molecule is C[C@H](CN1CCOCC1)NC(=O)c1cccnc1N1CCCC1. The van der Waals surface area contributed by atoms with Crippen LogP contribution < -0.4 is 10.2 Å². The molecule has 1 aromatic heterocycles. The normalized spacial score (nSPS) is 20.5. The van der Waals surface area contributed by atoms with Crippen molar-refractivity contribution in [1.82, 2.24) is 15.2 Å². The van der Waals surface area contributed by atoms with Gasteiger partial charge in [-0.2, -0.15) is 0 Å². The molecule has 1 N–H and O–H groups in total. The Hall–Kier alpha value is -1.66. The fraction of sp³-hybridized carbons (Fsp3) is 0.647. The van der Waals surface area contributed by atoms with Crippen molar-refractivity contribution in [3.05, 3.63) is 23.9 Å². The Morgan fingerprint density at radius 2 is 2.04 bits per heavy atom. The number of rotatable bonds is 5. The number of anilines is 1. The first-order chi connectivity index (χ1) is 11.2. The van der Waals surface area contributed by atoms with Crippen molar-refractivity contribution in [1.29, 1.82) is 0 Å². The van der Waals surface area contributed by atoms with Crippen LogP contribution >= 0.6 is 0 Å². The maximum absolute atomic E-state index is 12.7. The first kappa shape index (κ1) is 16.2. The van der Waals surface area contributed by atoms with Crippen LogP contribution in [-0.4, -0.2) is 67.8 Å². The highest BCUT2D eigenvalue weighted by Crippen LogP contribution is 2.21. The molecule has 0 bridgehead atoms. The summed E-state index contributed by atoms with van der Waals surface area (Å²) in [5.74, 6) is 0.793. The van der Waals surface area contributed by atoms with Gasteiger partial charge in [-0.1, -0.05) is 0 Å². The van der Waals surface area contributed by atoms with Crippen molar-refractivity contribution < 1.29 is 9.53 Å². The quantitative estimate of drug-likeness (QED) is 0.882. The molecule has 1 aromatic rings. The van der Waals surface area contributed by atoms with Crippen LogP contribution in [0.2, 0.25) is 0 Å². The molecule has 0 unspecified atom stereocenters. The smallest absolute Gasteiger partial charge is 0.255 e. The Labute approximate surface area is 137 Å². The van der Waals surface area contributed by atoms with Crippen molar-refractivity contribution >= 4 is 11.7 Å². The molecule has 2 fully saturated rings. The summed E-state index contributed by atoms with van der Waals surface area (Å²) in [5.41, 5.74) is 0.684. The summed E-state index contributed by atoms with van der Waals surface area (Å²) >= 11 is 0. The molecule has 1 atom stereocenters. The molecule has 3 rings (SSSR count). The number of nitrogens with zero attached hydrogens (tertiary/aromatic N) is 3. The van der Waals surface area contributed by atoms with Gasteiger partial charge in [0.15, 0.2) is 0 Å². The lowest BCUT2D eigenvalue weighted by Crippen LogP contribution is -2.46. The third-order valence-corrected chi connectivity index (χ3v) is 4.45. The van der Waals surface area contributed by atoms with E-state index in [1.54, 1.807) is 6.20 Å². The fourth-order valence-corrected chi connectivity index (χ4v) is 3.27. The average Bonchev–Trinajstić information content (AvgIpc) is 3.10. The lowest BCUT2D eigenvalue weighted by molar-refractivity contribution is 0.0342. The first-order valence-corrected chi connectivity index (χ1v) is 8.55. The summed E-state index contributed by atoms with van der Waals surface area (Å²) in [6.07, 6.45) is 4.11. The maximum atomic E-state index is 12.7. The van der Waals surface area contributed by atoms with Crippen molar-refractivity contribution in [3.63, 3.8) is 0 Å². The topological polar surface area (TPSA) is 57.7 Å². The molecule has 2 aliphatic rings. The number of hydrogen-bond donors (Lipinski definition) is 1. The van der Waals surface area contributed by atoms with E-state index in [9.17, 15) is 4.79 Å². The van der Waals surface area contributed by atoms with Crippen LogP contribution in [0, 0.1) is 0 Å². The summed E-state index contributed by atoms with van der Waals surface area (Å²) in [7, 11) is 0. The minimum absolute atomic E-state index is 0.0271. The predicted octanol–water partition coefficient (Wildman–Crippen LogP) is 1.13. The van der Waals surface area contributed by atoms with Crippen molar-refractivity contribution in [2.24, 2.45) is 0 Å². The molecular weight excluding hydrogens is 292 g/mol. The van der Waals surface area contributed by atoms with Crippen molar-refractivity contribution in [3.8, 4) is 0 Å². The van der Waals surface area contributed by atoms with E-state index in [1.165, 1.54) is 12.8 Å². The highest BCUT2D eigenvalue weighted by molar-refractivity contribution is 5.99. The Kier molecular flexibility index (Phi) is 5.46. The summed E-state index contributed by atoms with van der Waals surface area (Å²) in [6, 6.07) is 3.81. The summed E-state index contributed by atoms with van der Waals surface area (Å²) in [6.45, 7) is 8.32. The monoisotopic (exact) mass is 318 g/mol. The van der Waals surface area contributed by atoms with E-state index in [2.05, 4.69) is 27.0 Å². The third-order valence-electron chi connectivity index (χ3n) is 4.45. The first-order valence-electron chi connectivity index (χ1n) is 8.55. The maximum Gasteiger partial charge on any atom is 0.255 e. The van der Waals surface area contributed by atoms with E-state index in [4.69, 9.17) is 4.74 Å². The molecule has 3 heterocycles. The molecule has 2 saturated heterocycles. The average molecular weight is 318 g/mol. The van der Waals surface area contributed by atoms with Gasteiger partial charge in [-0.3, -0.25) is 9.69 Å². The van der Waals surface area contributed by atoms with Crippen molar-refractivity contribution in [2.45, 2.75) is 25.8 Å². The van der Waals surface area contributed by atoms with Gasteiger partial charge in [0.1, 0.15) is 5.82 Å². The third kappa shape index (κ3) is 4.20. The number of carbonyl (C=O) groups is 1. The molecule has 2 aliphatic heterocycles. The molecular formula is C17H26N4O2. The van der Waals surface area contributed by atoms with E-state index in [-0.39, 0.29) is 11.9 Å². The lowest BCUT2D eigenvalue weighted by Gasteiger charge is -2.29. The molecule has 0 aromatic carbocycles. The van der Waals surface area contributed by atoms with Gasteiger partial charge in [-0.15, -0.1) is 0 Å². The summed E-state index contributed by atoms with van der Waals surface area (Å²) in [5, 5.41) is 3.12. The Morgan fingerprint density at radius 1 is 1.30 bits per heavy atom. The van der Waals surface area contributed by atoms with Crippen LogP contribution in [0.1, 0.15) is 30.1 Å². The highest BCUT2D eigenvalue weighted by atomic mass is 16.5. The van der Waals surface area contributed by atoms with Crippen LogP contribution in [0.15, 0.2) is 18.3 Å². The van der Waals surface area contributed by atoms with Gasteiger partial charge in [-0.25, -0.2) is 4.98 Å². The van der Waals surface area contributed by atoms with Crippen molar-refractivity contribution in [2.75, 3.05) is 50.8 Å². The Balaban J connectivity index is 1.61. The molecule has 0 aliphatic carbocycles. The number of carbonyl (C=O) groups excluding carboxylic acids is 1. The number of morpholine rings is 1. The predicted molar refractivity (Wildman–Crippen MR) is 89.9 cm³/mol. The van der Waals surface area contributed by atoms with E-state index in [0.29, 0.717) is 5.56 Å².